The first kappa shape index (κ1) is 24.5. The van der Waals surface area contributed by atoms with Crippen LogP contribution in [0.1, 0.15) is 18.1 Å². The van der Waals surface area contributed by atoms with Gasteiger partial charge in [-0.05, 0) is 36.4 Å². The van der Waals surface area contributed by atoms with E-state index in [1.807, 2.05) is 0 Å². The van der Waals surface area contributed by atoms with Crippen molar-refractivity contribution in [3.05, 3.63) is 59.2 Å². The topological polar surface area (TPSA) is 133 Å². The maximum Gasteiger partial charge on any atom is 0.573 e. The van der Waals surface area contributed by atoms with Crippen molar-refractivity contribution in [1.29, 1.82) is 0 Å². The molecule has 3 rings (SSSR count). The van der Waals surface area contributed by atoms with Crippen LogP contribution in [-0.4, -0.2) is 45.8 Å². The third-order valence-electron chi connectivity index (χ3n) is 4.32. The first-order valence-electron chi connectivity index (χ1n) is 8.99. The van der Waals surface area contributed by atoms with Crippen LogP contribution in [0, 0.1) is 11.6 Å². The van der Waals surface area contributed by atoms with Gasteiger partial charge < -0.3 is 9.84 Å². The fourth-order valence-corrected chi connectivity index (χ4v) is 3.97. The van der Waals surface area contributed by atoms with Crippen molar-refractivity contribution < 1.29 is 40.2 Å². The van der Waals surface area contributed by atoms with Gasteiger partial charge in [0, 0.05) is 11.1 Å². The van der Waals surface area contributed by atoms with E-state index in [2.05, 4.69) is 20.1 Å². The number of aromatic nitrogens is 4. The van der Waals surface area contributed by atoms with Crippen LogP contribution in [0.2, 0.25) is 0 Å². The molecular weight excluding hydrogens is 477 g/mol. The molecule has 0 aliphatic rings. The number of rotatable bonds is 7. The number of benzene rings is 2. The second-order valence-corrected chi connectivity index (χ2v) is 8.81. The summed E-state index contributed by atoms with van der Waals surface area (Å²) in [7, 11) is -4.15. The van der Waals surface area contributed by atoms with Crippen LogP contribution in [-0.2, 0) is 22.2 Å². The summed E-state index contributed by atoms with van der Waals surface area (Å²) in [6, 6.07) is 6.05. The number of tetrazole rings is 1. The fraction of sp³-hybridized carbons (Fsp3) is 0.278. The van der Waals surface area contributed by atoms with Gasteiger partial charge in [0.15, 0.2) is 0 Å². The van der Waals surface area contributed by atoms with E-state index in [4.69, 9.17) is 5.14 Å². The number of primary sulfonamides is 1. The van der Waals surface area contributed by atoms with Gasteiger partial charge in [-0.15, -0.1) is 23.4 Å². The molecule has 1 aromatic heterocycles. The Morgan fingerprint density at radius 2 is 1.88 bits per heavy atom. The lowest BCUT2D eigenvalue weighted by Crippen LogP contribution is -2.35. The Bertz CT molecular complexity index is 1280. The van der Waals surface area contributed by atoms with Crippen LogP contribution in [0.15, 0.2) is 36.4 Å². The molecule has 0 saturated heterocycles. The second-order valence-electron chi connectivity index (χ2n) is 7.19. The van der Waals surface area contributed by atoms with Gasteiger partial charge in [0.2, 0.25) is 15.8 Å². The Hall–Kier alpha value is -3.17. The molecule has 3 N–H and O–H groups in total. The molecule has 0 amide bonds. The van der Waals surface area contributed by atoms with Crippen molar-refractivity contribution in [2.75, 3.05) is 5.75 Å². The zero-order valence-electron chi connectivity index (χ0n) is 16.7. The monoisotopic (exact) mass is 493 g/mol. The first-order valence-corrected chi connectivity index (χ1v) is 10.7. The van der Waals surface area contributed by atoms with E-state index in [9.17, 15) is 31.1 Å². The second kappa shape index (κ2) is 8.64. The number of hydrogen-bond donors (Lipinski definition) is 2. The number of alkyl halides is 3. The SMILES string of the molecule is C[C@](O)(CS(N)(=O)=O)c1cccc(-c2nnn(Cc3cc(OC(F)(F)F)ccc3F)n2)c1F. The van der Waals surface area contributed by atoms with Crippen molar-refractivity contribution in [3.8, 4) is 17.1 Å². The van der Waals surface area contributed by atoms with E-state index in [0.29, 0.717) is 0 Å². The van der Waals surface area contributed by atoms with Gasteiger partial charge >= 0.3 is 6.36 Å². The van der Waals surface area contributed by atoms with Crippen LogP contribution < -0.4 is 9.88 Å². The Morgan fingerprint density at radius 3 is 2.52 bits per heavy atom. The first-order chi connectivity index (χ1) is 15.1. The Labute approximate surface area is 183 Å². The van der Waals surface area contributed by atoms with E-state index in [-0.39, 0.29) is 17.0 Å². The van der Waals surface area contributed by atoms with Gasteiger partial charge in [-0.1, -0.05) is 12.1 Å². The lowest BCUT2D eigenvalue weighted by atomic mass is 9.95. The molecule has 0 spiro atoms. The minimum absolute atomic E-state index is 0.258. The van der Waals surface area contributed by atoms with Crippen molar-refractivity contribution in [2.24, 2.45) is 5.14 Å². The molecule has 2 aromatic carbocycles. The van der Waals surface area contributed by atoms with Gasteiger partial charge in [0.1, 0.15) is 23.0 Å². The fourth-order valence-electron chi connectivity index (χ4n) is 3.03. The van der Waals surface area contributed by atoms with E-state index in [1.54, 1.807) is 0 Å². The summed E-state index contributed by atoms with van der Waals surface area (Å²) < 4.78 is 92.7. The standard InChI is InChI=1S/C18H16F5N5O4S/c1-17(29,9-33(24,30)31)13-4-2-3-12(15(13)20)16-25-27-28(26-16)8-10-7-11(5-6-14(10)19)32-18(21,22)23/h2-7,29H,8-9H2,1H3,(H2,24,30,31)/t17-/m0/s1. The lowest BCUT2D eigenvalue weighted by Gasteiger charge is -2.23. The van der Waals surface area contributed by atoms with Crippen LogP contribution in [0.5, 0.6) is 5.75 Å². The maximum atomic E-state index is 15.0. The molecule has 0 saturated carbocycles. The molecule has 0 aliphatic carbocycles. The molecule has 3 aromatic rings. The van der Waals surface area contributed by atoms with Crippen molar-refractivity contribution >= 4 is 10.0 Å². The number of aliphatic hydroxyl groups is 1. The number of nitrogens with zero attached hydrogens (tertiary/aromatic N) is 4. The molecule has 0 radical (unpaired) electrons. The smallest absolute Gasteiger partial charge is 0.406 e. The molecule has 0 bridgehead atoms. The third-order valence-corrected chi connectivity index (χ3v) is 5.28. The van der Waals surface area contributed by atoms with Crippen LogP contribution in [0.3, 0.4) is 0 Å². The number of sulfonamides is 1. The molecule has 9 nitrogen and oxygen atoms in total. The largest absolute Gasteiger partial charge is 0.573 e. The summed E-state index contributed by atoms with van der Waals surface area (Å²) in [6.07, 6.45) is -4.97. The molecule has 1 heterocycles. The average molecular weight is 493 g/mol. The molecule has 0 unspecified atom stereocenters. The van der Waals surface area contributed by atoms with E-state index in [1.165, 1.54) is 12.1 Å². The summed E-state index contributed by atoms with van der Waals surface area (Å²) in [6.45, 7) is 0.598. The van der Waals surface area contributed by atoms with Crippen molar-refractivity contribution in [1.82, 2.24) is 20.2 Å². The highest BCUT2D eigenvalue weighted by molar-refractivity contribution is 7.89. The van der Waals surface area contributed by atoms with Gasteiger partial charge in [-0.25, -0.2) is 22.3 Å². The summed E-state index contributed by atoms with van der Waals surface area (Å²) >= 11 is 0. The molecule has 178 valence electrons. The Morgan fingerprint density at radius 1 is 1.18 bits per heavy atom. The summed E-state index contributed by atoms with van der Waals surface area (Å²) in [5.41, 5.74) is -3.09. The normalized spacial score (nSPS) is 14.2. The Balaban J connectivity index is 1.89. The summed E-state index contributed by atoms with van der Waals surface area (Å²) in [5.74, 6) is -3.83. The van der Waals surface area contributed by atoms with E-state index < -0.39 is 57.2 Å². The minimum Gasteiger partial charge on any atom is -0.406 e. The van der Waals surface area contributed by atoms with Gasteiger partial charge in [-0.2, -0.15) is 4.80 Å². The highest BCUT2D eigenvalue weighted by atomic mass is 32.2. The maximum absolute atomic E-state index is 15.0. The lowest BCUT2D eigenvalue weighted by molar-refractivity contribution is -0.274. The number of nitrogens with two attached hydrogens (primary N) is 1. The number of hydrogen-bond acceptors (Lipinski definition) is 7. The molecule has 33 heavy (non-hydrogen) atoms. The number of halogens is 5. The molecule has 0 fully saturated rings. The number of ether oxygens (including phenoxy) is 1. The van der Waals surface area contributed by atoms with Crippen molar-refractivity contribution in [2.45, 2.75) is 25.4 Å². The zero-order valence-corrected chi connectivity index (χ0v) is 17.5. The van der Waals surface area contributed by atoms with Gasteiger partial charge in [-0.3, -0.25) is 0 Å². The van der Waals surface area contributed by atoms with Gasteiger partial charge in [0.25, 0.3) is 0 Å². The van der Waals surface area contributed by atoms with Crippen molar-refractivity contribution in [3.63, 3.8) is 0 Å². The average Bonchev–Trinajstić information content (AvgIpc) is 3.09. The predicted octanol–water partition coefficient (Wildman–Crippen LogP) is 2.06. The van der Waals surface area contributed by atoms with Crippen LogP contribution >= 0.6 is 0 Å². The van der Waals surface area contributed by atoms with Crippen LogP contribution in [0.25, 0.3) is 11.4 Å². The minimum atomic E-state index is -4.97. The molecule has 1 atom stereocenters. The highest BCUT2D eigenvalue weighted by Gasteiger charge is 2.33. The van der Waals surface area contributed by atoms with Gasteiger partial charge in [0.05, 0.1) is 17.9 Å². The van der Waals surface area contributed by atoms with E-state index in [0.717, 1.165) is 36.0 Å². The molecule has 0 aliphatic heterocycles. The quantitative estimate of drug-likeness (QED) is 0.482. The van der Waals surface area contributed by atoms with Crippen LogP contribution in [0.4, 0.5) is 22.0 Å². The summed E-state index contributed by atoms with van der Waals surface area (Å²) in [5, 5.41) is 26.5. The Kier molecular flexibility index (Phi) is 6.41. The van der Waals surface area contributed by atoms with E-state index >= 15 is 4.39 Å². The molecular formula is C18H16F5N5O4S. The third kappa shape index (κ3) is 6.21. The highest BCUT2D eigenvalue weighted by Crippen LogP contribution is 2.30. The zero-order chi connectivity index (χ0) is 24.6. The summed E-state index contributed by atoms with van der Waals surface area (Å²) in [4.78, 5) is 0.805. The predicted molar refractivity (Wildman–Crippen MR) is 103 cm³/mol. The molecule has 15 heteroatoms.